The van der Waals surface area contributed by atoms with E-state index in [4.69, 9.17) is 18.0 Å². The van der Waals surface area contributed by atoms with Crippen LogP contribution in [0.1, 0.15) is 19.3 Å². The number of rotatable bonds is 9. The molecule has 0 amide bonds. The van der Waals surface area contributed by atoms with Crippen molar-refractivity contribution in [2.45, 2.75) is 101 Å². The van der Waals surface area contributed by atoms with E-state index in [2.05, 4.69) is 65.5 Å². The topological polar surface area (TPSA) is 36.9 Å². The summed E-state index contributed by atoms with van der Waals surface area (Å²) in [7, 11) is -5.10. The first-order valence-electron chi connectivity index (χ1n) is 10.2. The summed E-state index contributed by atoms with van der Waals surface area (Å²) in [5, 5.41) is -0.153. The van der Waals surface area contributed by atoms with Gasteiger partial charge in [0, 0.05) is 6.61 Å². The van der Waals surface area contributed by atoms with Crippen LogP contribution in [-0.4, -0.2) is 68.1 Å². The number of hydrogen-bond acceptors (Lipinski definition) is 4. The predicted molar refractivity (Wildman–Crippen MR) is 127 cm³/mol. The van der Waals surface area contributed by atoms with E-state index in [1.54, 1.807) is 0 Å². The van der Waals surface area contributed by atoms with Gasteiger partial charge >= 0.3 is 0 Å². The highest BCUT2D eigenvalue weighted by Crippen LogP contribution is 2.39. The van der Waals surface area contributed by atoms with Crippen LogP contribution >= 0.6 is 0 Å². The van der Waals surface area contributed by atoms with Crippen molar-refractivity contribution in [3.05, 3.63) is 0 Å². The van der Waals surface area contributed by atoms with Crippen LogP contribution in [0.2, 0.25) is 65.5 Å². The second-order valence-electron chi connectivity index (χ2n) is 10.8. The van der Waals surface area contributed by atoms with Gasteiger partial charge < -0.3 is 18.0 Å². The molecule has 9 heteroatoms. The van der Waals surface area contributed by atoms with Gasteiger partial charge in [-0.25, -0.2) is 0 Å². The standard InChI is InChI=1S/C17H44O4Si5/c1-23-16(13-11-12-14-18-16)15(19-24(2,3)4)17(22,20-25(5,6)7)21-26(8,9)10/h15H,11-14,23H2,1-10,22H3. The SMILES string of the molecule is C[SiH2]C1(C(O[Si](C)(C)C)C([SiH3])(O[Si](C)(C)C)O[Si](C)(C)C)CCCCO1. The molecule has 156 valence electrons. The molecule has 1 aliphatic rings. The Kier molecular flexibility index (Phi) is 8.39. The lowest BCUT2D eigenvalue weighted by Gasteiger charge is -2.54. The first kappa shape index (κ1) is 25.0. The summed E-state index contributed by atoms with van der Waals surface area (Å²) < 4.78 is 27.1. The summed E-state index contributed by atoms with van der Waals surface area (Å²) in [6, 6.07) is 0. The average molecular weight is 453 g/mol. The van der Waals surface area contributed by atoms with Crippen molar-refractivity contribution in [2.24, 2.45) is 0 Å². The average Bonchev–Trinajstić information content (AvgIpc) is 2.40. The monoisotopic (exact) mass is 452 g/mol. The van der Waals surface area contributed by atoms with E-state index in [0.717, 1.165) is 29.7 Å². The molecule has 1 saturated heterocycles. The molecule has 0 aromatic rings. The molecule has 0 aromatic heterocycles. The maximum atomic E-state index is 6.91. The predicted octanol–water partition coefficient (Wildman–Crippen LogP) is 3.04. The van der Waals surface area contributed by atoms with Crippen molar-refractivity contribution >= 4 is 44.7 Å². The molecule has 1 aliphatic heterocycles. The number of hydrogen-bond donors (Lipinski definition) is 0. The Morgan fingerprint density at radius 2 is 1.42 bits per heavy atom. The Hall–Kier alpha value is 0.924. The molecule has 0 spiro atoms. The van der Waals surface area contributed by atoms with Crippen molar-refractivity contribution in [1.29, 1.82) is 0 Å². The van der Waals surface area contributed by atoms with Crippen LogP contribution in [0.4, 0.5) is 0 Å². The highest BCUT2D eigenvalue weighted by atomic mass is 28.4. The third-order valence-corrected chi connectivity index (χ3v) is 11.3. The Morgan fingerprint density at radius 3 is 1.73 bits per heavy atom. The molecule has 0 N–H and O–H groups in total. The van der Waals surface area contributed by atoms with Crippen molar-refractivity contribution in [3.63, 3.8) is 0 Å². The quantitative estimate of drug-likeness (QED) is 0.398. The van der Waals surface area contributed by atoms with Gasteiger partial charge in [-0.05, 0) is 78.2 Å². The van der Waals surface area contributed by atoms with Gasteiger partial charge in [0.2, 0.25) is 0 Å². The molecule has 2 atom stereocenters. The third kappa shape index (κ3) is 7.74. The van der Waals surface area contributed by atoms with Gasteiger partial charge in [0.25, 0.3) is 0 Å². The van der Waals surface area contributed by atoms with Gasteiger partial charge in [0.15, 0.2) is 25.0 Å². The van der Waals surface area contributed by atoms with Gasteiger partial charge in [-0.3, -0.25) is 0 Å². The van der Waals surface area contributed by atoms with Crippen molar-refractivity contribution < 1.29 is 18.0 Å². The van der Waals surface area contributed by atoms with Crippen LogP contribution in [0.15, 0.2) is 0 Å². The maximum Gasteiger partial charge on any atom is 0.187 e. The fourth-order valence-electron chi connectivity index (χ4n) is 3.93. The van der Waals surface area contributed by atoms with Crippen LogP contribution < -0.4 is 0 Å². The molecule has 26 heavy (non-hydrogen) atoms. The molecule has 0 aliphatic carbocycles. The smallest absolute Gasteiger partial charge is 0.187 e. The normalized spacial score (nSPS) is 25.2. The molecular weight excluding hydrogens is 409 g/mol. The maximum absolute atomic E-state index is 6.91. The highest BCUT2D eigenvalue weighted by molar-refractivity contribution is 6.72. The zero-order chi connectivity index (χ0) is 20.4. The zero-order valence-corrected chi connectivity index (χ0v) is 25.7. The Balaban J connectivity index is 3.44. The highest BCUT2D eigenvalue weighted by Gasteiger charge is 2.55. The summed E-state index contributed by atoms with van der Waals surface area (Å²) in [4.78, 5) is 0. The van der Waals surface area contributed by atoms with E-state index in [1.807, 2.05) is 0 Å². The molecule has 0 bridgehead atoms. The van der Waals surface area contributed by atoms with E-state index in [9.17, 15) is 0 Å². The van der Waals surface area contributed by atoms with Gasteiger partial charge in [-0.15, -0.1) is 0 Å². The molecule has 4 nitrogen and oxygen atoms in total. The van der Waals surface area contributed by atoms with E-state index in [1.165, 1.54) is 6.42 Å². The molecule has 1 heterocycles. The van der Waals surface area contributed by atoms with Crippen LogP contribution in [0.3, 0.4) is 0 Å². The molecule has 1 fully saturated rings. The largest absolute Gasteiger partial charge is 0.407 e. The number of ether oxygens (including phenoxy) is 1. The second-order valence-corrected chi connectivity index (χ2v) is 27.4. The molecule has 0 radical (unpaired) electrons. The van der Waals surface area contributed by atoms with E-state index in [0.29, 0.717) is 0 Å². The molecule has 2 unspecified atom stereocenters. The van der Waals surface area contributed by atoms with Crippen molar-refractivity contribution in [2.75, 3.05) is 6.61 Å². The van der Waals surface area contributed by atoms with Gasteiger partial charge in [0.1, 0.15) is 11.5 Å². The Morgan fingerprint density at radius 1 is 0.923 bits per heavy atom. The van der Waals surface area contributed by atoms with Gasteiger partial charge in [-0.1, -0.05) is 6.55 Å². The molecule has 0 aromatic carbocycles. The Labute approximate surface area is 170 Å². The first-order valence-corrected chi connectivity index (χ1v) is 23.6. The lowest BCUT2D eigenvalue weighted by atomic mass is 10.0. The summed E-state index contributed by atoms with van der Waals surface area (Å²) >= 11 is 0. The summed E-state index contributed by atoms with van der Waals surface area (Å²) in [5.74, 6) is 0. The van der Waals surface area contributed by atoms with Crippen LogP contribution in [0, 0.1) is 0 Å². The Bertz CT molecular complexity index is 432. The molecular formula is C17H44O4Si5. The zero-order valence-electron chi connectivity index (χ0n) is 19.2. The minimum Gasteiger partial charge on any atom is -0.407 e. The van der Waals surface area contributed by atoms with Crippen molar-refractivity contribution in [1.82, 2.24) is 0 Å². The van der Waals surface area contributed by atoms with E-state index in [-0.39, 0.29) is 11.3 Å². The fourth-order valence-corrected chi connectivity index (χ4v) is 14.8. The minimum atomic E-state index is -1.81. The van der Waals surface area contributed by atoms with Gasteiger partial charge in [0.05, 0.1) is 25.0 Å². The third-order valence-electron chi connectivity index (χ3n) is 4.43. The van der Waals surface area contributed by atoms with Crippen LogP contribution in [0.25, 0.3) is 0 Å². The van der Waals surface area contributed by atoms with E-state index < -0.39 is 39.9 Å². The molecule has 1 rings (SSSR count). The summed E-state index contributed by atoms with van der Waals surface area (Å²) in [6.45, 7) is 23.6. The first-order chi connectivity index (χ1) is 11.5. The second kappa shape index (κ2) is 8.74. The fraction of sp³-hybridized carbons (Fsp3) is 1.00. The summed E-state index contributed by atoms with van der Waals surface area (Å²) in [6.07, 6.45) is 3.40. The van der Waals surface area contributed by atoms with Crippen molar-refractivity contribution in [3.8, 4) is 0 Å². The van der Waals surface area contributed by atoms with E-state index >= 15 is 0 Å². The van der Waals surface area contributed by atoms with Crippen LogP contribution in [-0.2, 0) is 18.0 Å². The lowest BCUT2D eigenvalue weighted by molar-refractivity contribution is -0.196. The minimum absolute atomic E-state index is 0.0799. The van der Waals surface area contributed by atoms with Gasteiger partial charge in [-0.2, -0.15) is 0 Å². The lowest BCUT2D eigenvalue weighted by Crippen LogP contribution is -2.69. The summed E-state index contributed by atoms with van der Waals surface area (Å²) in [5.41, 5.74) is -0.602. The van der Waals surface area contributed by atoms with Crippen LogP contribution in [0.5, 0.6) is 0 Å². The molecule has 0 saturated carbocycles.